The highest BCUT2D eigenvalue weighted by molar-refractivity contribution is 6.08. The van der Waals surface area contributed by atoms with Crippen LogP contribution in [0.5, 0.6) is 0 Å². The number of hydrazine groups is 1. The highest BCUT2D eigenvalue weighted by Gasteiger charge is 2.16. The minimum absolute atomic E-state index is 0.375. The molecule has 0 fully saturated rings. The van der Waals surface area contributed by atoms with Crippen LogP contribution in [0.15, 0.2) is 66.0 Å². The summed E-state index contributed by atoms with van der Waals surface area (Å²) in [4.78, 5) is 27.9. The molecule has 4 aromatic rings. The van der Waals surface area contributed by atoms with Crippen molar-refractivity contribution in [2.24, 2.45) is 12.2 Å². The van der Waals surface area contributed by atoms with Crippen LogP contribution in [-0.4, -0.2) is 27.6 Å². The molecule has 10 nitrogen and oxygen atoms in total. The number of aryl methyl sites for hydroxylation is 2. The van der Waals surface area contributed by atoms with Crippen LogP contribution >= 0.6 is 0 Å². The number of rotatable bonds is 6. The molecule has 2 aromatic heterocycles. The number of carbonyl (C=O) groups excluding carboxylic acids is 2. The van der Waals surface area contributed by atoms with Gasteiger partial charge in [-0.3, -0.25) is 10.2 Å². The predicted molar refractivity (Wildman–Crippen MR) is 123 cm³/mol. The SMILES string of the molecule is Cn1cc(NC(=O)NNC(=O)c2cn(CCCN=[N+]=[N-])c3ccccc23)c2ccccc21. The monoisotopic (exact) mass is 430 g/mol. The quantitative estimate of drug-likeness (QED) is 0.139. The molecule has 0 saturated carbocycles. The summed E-state index contributed by atoms with van der Waals surface area (Å²) in [5.41, 5.74) is 16.3. The Balaban J connectivity index is 1.44. The number of carbonyl (C=O) groups is 2. The lowest BCUT2D eigenvalue weighted by Gasteiger charge is -2.08. The second-order valence-corrected chi connectivity index (χ2v) is 7.27. The summed E-state index contributed by atoms with van der Waals surface area (Å²) in [5, 5.41) is 7.98. The number of hydrogen-bond acceptors (Lipinski definition) is 3. The molecular formula is C22H22N8O2. The van der Waals surface area contributed by atoms with E-state index in [1.165, 1.54) is 0 Å². The van der Waals surface area contributed by atoms with E-state index >= 15 is 0 Å². The van der Waals surface area contributed by atoms with Gasteiger partial charge in [0.2, 0.25) is 0 Å². The van der Waals surface area contributed by atoms with Crippen molar-refractivity contribution in [3.8, 4) is 0 Å². The summed E-state index contributed by atoms with van der Waals surface area (Å²) in [6.45, 7) is 0.974. The third kappa shape index (κ3) is 4.21. The second kappa shape index (κ2) is 9.15. The minimum atomic E-state index is -0.548. The third-order valence-electron chi connectivity index (χ3n) is 5.19. The van der Waals surface area contributed by atoms with Gasteiger partial charge in [-0.05, 0) is 24.1 Å². The first-order valence-corrected chi connectivity index (χ1v) is 10.1. The van der Waals surface area contributed by atoms with Crippen molar-refractivity contribution in [2.75, 3.05) is 11.9 Å². The molecule has 0 aliphatic heterocycles. The van der Waals surface area contributed by atoms with Gasteiger partial charge in [0.25, 0.3) is 5.91 Å². The first-order valence-electron chi connectivity index (χ1n) is 10.1. The first kappa shape index (κ1) is 20.8. The number of benzene rings is 2. The van der Waals surface area contributed by atoms with Crippen LogP contribution < -0.4 is 16.2 Å². The molecule has 0 aliphatic rings. The van der Waals surface area contributed by atoms with Crippen molar-refractivity contribution in [2.45, 2.75) is 13.0 Å². The van der Waals surface area contributed by atoms with Crippen molar-refractivity contribution in [3.05, 3.63) is 76.9 Å². The first-order chi connectivity index (χ1) is 15.6. The molecular weight excluding hydrogens is 408 g/mol. The maximum atomic E-state index is 12.8. The highest BCUT2D eigenvalue weighted by Crippen LogP contribution is 2.25. The topological polar surface area (TPSA) is 129 Å². The van der Waals surface area contributed by atoms with Gasteiger partial charge in [-0.1, -0.05) is 41.5 Å². The highest BCUT2D eigenvalue weighted by atomic mass is 16.2. The van der Waals surface area contributed by atoms with Gasteiger partial charge in [0.1, 0.15) is 0 Å². The molecule has 0 spiro atoms. The number of anilines is 1. The molecule has 4 rings (SSSR count). The summed E-state index contributed by atoms with van der Waals surface area (Å²) < 4.78 is 3.85. The molecule has 0 radical (unpaired) electrons. The third-order valence-corrected chi connectivity index (χ3v) is 5.19. The minimum Gasteiger partial charge on any atom is -0.348 e. The van der Waals surface area contributed by atoms with E-state index in [4.69, 9.17) is 5.53 Å². The molecule has 0 aliphatic carbocycles. The average molecular weight is 430 g/mol. The molecule has 0 unspecified atom stereocenters. The molecule has 2 aromatic carbocycles. The second-order valence-electron chi connectivity index (χ2n) is 7.27. The van der Waals surface area contributed by atoms with E-state index in [2.05, 4.69) is 26.2 Å². The number of nitrogens with one attached hydrogen (secondary N) is 3. The molecule has 10 heteroatoms. The lowest BCUT2D eigenvalue weighted by Crippen LogP contribution is -2.43. The smallest absolute Gasteiger partial charge is 0.337 e. The van der Waals surface area contributed by atoms with Gasteiger partial charge < -0.3 is 14.5 Å². The standard InChI is InChI=1S/C22H22N8O2/c1-29-14-18(16-8-3-4-9-19(16)29)25-22(32)27-26-21(31)17-13-30(12-6-11-24-28-23)20-10-5-2-7-15(17)20/h2-5,7-10,13-14H,6,11-12H2,1H3,(H,26,31)(H2,25,27,32). The number of nitrogens with zero attached hydrogens (tertiary/aromatic N) is 5. The number of para-hydroxylation sites is 2. The van der Waals surface area contributed by atoms with Gasteiger partial charge in [0.15, 0.2) is 0 Å². The zero-order valence-electron chi connectivity index (χ0n) is 17.4. The van der Waals surface area contributed by atoms with Gasteiger partial charge in [-0.25, -0.2) is 10.2 Å². The van der Waals surface area contributed by atoms with Crippen LogP contribution in [0.25, 0.3) is 32.2 Å². The van der Waals surface area contributed by atoms with Crippen LogP contribution in [0.1, 0.15) is 16.8 Å². The fourth-order valence-electron chi connectivity index (χ4n) is 3.74. The number of urea groups is 1. The van der Waals surface area contributed by atoms with Crippen molar-refractivity contribution in [3.63, 3.8) is 0 Å². The van der Waals surface area contributed by atoms with Crippen molar-refractivity contribution < 1.29 is 9.59 Å². The Hall–Kier alpha value is -4.43. The summed E-state index contributed by atoms with van der Waals surface area (Å²) in [5.74, 6) is -0.428. The molecule has 162 valence electrons. The number of amides is 3. The number of aromatic nitrogens is 2. The lowest BCUT2D eigenvalue weighted by atomic mass is 10.2. The normalized spacial score (nSPS) is 10.7. The molecule has 0 atom stereocenters. The fourth-order valence-corrected chi connectivity index (χ4v) is 3.74. The van der Waals surface area contributed by atoms with Crippen LogP contribution in [0.4, 0.5) is 10.5 Å². The summed E-state index contributed by atoms with van der Waals surface area (Å²) >= 11 is 0. The Morgan fingerprint density at radius 1 is 1.00 bits per heavy atom. The summed E-state index contributed by atoms with van der Waals surface area (Å²) in [6.07, 6.45) is 4.20. The van der Waals surface area contributed by atoms with Crippen molar-refractivity contribution in [1.82, 2.24) is 20.0 Å². The van der Waals surface area contributed by atoms with E-state index in [1.807, 2.05) is 70.9 Å². The van der Waals surface area contributed by atoms with Crippen molar-refractivity contribution in [1.29, 1.82) is 0 Å². The number of azide groups is 1. The summed E-state index contributed by atoms with van der Waals surface area (Å²) in [6, 6.07) is 14.7. The number of hydrogen-bond donors (Lipinski definition) is 3. The van der Waals surface area contributed by atoms with E-state index in [0.29, 0.717) is 30.8 Å². The van der Waals surface area contributed by atoms with Crippen LogP contribution in [0.3, 0.4) is 0 Å². The molecule has 0 bridgehead atoms. The molecule has 2 heterocycles. The largest absolute Gasteiger partial charge is 0.348 e. The lowest BCUT2D eigenvalue weighted by molar-refractivity contribution is 0.0939. The maximum Gasteiger partial charge on any atom is 0.337 e. The Labute approximate surface area is 183 Å². The van der Waals surface area contributed by atoms with E-state index in [1.54, 1.807) is 6.20 Å². The van der Waals surface area contributed by atoms with Crippen molar-refractivity contribution >= 4 is 39.4 Å². The van der Waals surface area contributed by atoms with Gasteiger partial charge in [-0.15, -0.1) is 0 Å². The van der Waals surface area contributed by atoms with Gasteiger partial charge >= 0.3 is 6.03 Å². The van der Waals surface area contributed by atoms with E-state index in [9.17, 15) is 9.59 Å². The van der Waals surface area contributed by atoms with Crippen LogP contribution in [0.2, 0.25) is 0 Å². The predicted octanol–water partition coefficient (Wildman–Crippen LogP) is 4.30. The Morgan fingerprint density at radius 3 is 2.50 bits per heavy atom. The van der Waals surface area contributed by atoms with Gasteiger partial charge in [-0.2, -0.15) is 0 Å². The maximum absolute atomic E-state index is 12.8. The van der Waals surface area contributed by atoms with E-state index < -0.39 is 11.9 Å². The zero-order chi connectivity index (χ0) is 22.5. The van der Waals surface area contributed by atoms with E-state index in [0.717, 1.165) is 21.8 Å². The Kier molecular flexibility index (Phi) is 5.96. The molecule has 32 heavy (non-hydrogen) atoms. The number of fused-ring (bicyclic) bond motifs is 2. The average Bonchev–Trinajstić information content (AvgIpc) is 3.33. The molecule has 0 saturated heterocycles. The zero-order valence-corrected chi connectivity index (χ0v) is 17.4. The fraction of sp³-hybridized carbons (Fsp3) is 0.182. The van der Waals surface area contributed by atoms with E-state index in [-0.39, 0.29) is 0 Å². The molecule has 3 amide bonds. The Bertz CT molecular complexity index is 1350. The van der Waals surface area contributed by atoms with Crippen LogP contribution in [0, 0.1) is 0 Å². The van der Waals surface area contributed by atoms with Crippen LogP contribution in [-0.2, 0) is 13.6 Å². The summed E-state index contributed by atoms with van der Waals surface area (Å²) in [7, 11) is 1.90. The Morgan fingerprint density at radius 2 is 1.72 bits per heavy atom. The van der Waals surface area contributed by atoms with Gasteiger partial charge in [0, 0.05) is 59.2 Å². The van der Waals surface area contributed by atoms with Gasteiger partial charge in [0.05, 0.1) is 11.3 Å². The molecule has 3 N–H and O–H groups in total.